The lowest BCUT2D eigenvalue weighted by molar-refractivity contribution is -0.130. The number of benzene rings is 2. The number of carbonyl (C=O) groups excluding carboxylic acids is 1. The Labute approximate surface area is 197 Å². The topological polar surface area (TPSA) is 85.3 Å². The van der Waals surface area contributed by atoms with Crippen molar-refractivity contribution in [1.29, 1.82) is 0 Å². The van der Waals surface area contributed by atoms with E-state index in [1.807, 2.05) is 29.2 Å². The molecular formula is C25H35N2O5Si-. The lowest BCUT2D eigenvalue weighted by Crippen LogP contribution is -2.45. The van der Waals surface area contributed by atoms with E-state index in [2.05, 4.69) is 33.9 Å². The van der Waals surface area contributed by atoms with Crippen molar-refractivity contribution in [3.8, 4) is 16.9 Å². The number of hydrogen-bond donors (Lipinski definition) is 1. The van der Waals surface area contributed by atoms with Crippen molar-refractivity contribution in [2.45, 2.75) is 64.3 Å². The van der Waals surface area contributed by atoms with E-state index in [0.717, 1.165) is 23.1 Å². The molecule has 1 fully saturated rings. The predicted octanol–water partition coefficient (Wildman–Crippen LogP) is 5.57. The molecule has 2 aromatic carbocycles. The summed E-state index contributed by atoms with van der Waals surface area (Å²) in [5.74, 6) is 0.789. The van der Waals surface area contributed by atoms with Gasteiger partial charge in [0.05, 0.1) is 25.4 Å². The van der Waals surface area contributed by atoms with Crippen LogP contribution in [0.3, 0.4) is 0 Å². The second-order valence-electron chi connectivity index (χ2n) is 10.1. The van der Waals surface area contributed by atoms with Crippen molar-refractivity contribution in [3.05, 3.63) is 53.2 Å². The van der Waals surface area contributed by atoms with Crippen molar-refractivity contribution in [1.82, 2.24) is 4.90 Å². The molecule has 33 heavy (non-hydrogen) atoms. The van der Waals surface area contributed by atoms with Gasteiger partial charge in [0.1, 0.15) is 5.75 Å². The van der Waals surface area contributed by atoms with E-state index in [4.69, 9.17) is 9.16 Å². The van der Waals surface area contributed by atoms with Gasteiger partial charge >= 0.3 is 0 Å². The van der Waals surface area contributed by atoms with Gasteiger partial charge < -0.3 is 24.5 Å². The number of amides is 1. The summed E-state index contributed by atoms with van der Waals surface area (Å²) in [6.07, 6.45) is 1.33. The zero-order valence-electron chi connectivity index (χ0n) is 20.4. The normalized spacial score (nSPS) is 16.9. The third kappa shape index (κ3) is 5.76. The molecule has 0 bridgehead atoms. The van der Waals surface area contributed by atoms with Crippen molar-refractivity contribution < 1.29 is 19.2 Å². The van der Waals surface area contributed by atoms with Crippen LogP contribution in [0.1, 0.15) is 39.2 Å². The van der Waals surface area contributed by atoms with Gasteiger partial charge in [0.15, 0.2) is 8.32 Å². The highest BCUT2D eigenvalue weighted by Crippen LogP contribution is 2.38. The number of likely N-dealkylation sites (tertiary alicyclic amines) is 1. The molecule has 1 amide bonds. The highest BCUT2D eigenvalue weighted by molar-refractivity contribution is 6.74. The van der Waals surface area contributed by atoms with Gasteiger partial charge in [-0.25, -0.2) is 0 Å². The summed E-state index contributed by atoms with van der Waals surface area (Å²) in [5, 5.41) is 20.6. The number of hydrogen-bond acceptors (Lipinski definition) is 6. The Hall–Kier alpha value is -2.39. The molecule has 0 radical (unpaired) electrons. The molecule has 180 valence electrons. The Morgan fingerprint density at radius 3 is 2.58 bits per heavy atom. The number of ether oxygens (including phenoxy) is 1. The van der Waals surface area contributed by atoms with Crippen LogP contribution >= 0.6 is 0 Å². The first-order chi connectivity index (χ1) is 15.4. The van der Waals surface area contributed by atoms with Crippen LogP contribution in [0.15, 0.2) is 42.5 Å². The summed E-state index contributed by atoms with van der Waals surface area (Å²) in [6, 6.07) is 12.5. The molecule has 0 aromatic heterocycles. The molecule has 1 aliphatic rings. The van der Waals surface area contributed by atoms with Crippen LogP contribution in [-0.4, -0.2) is 44.1 Å². The summed E-state index contributed by atoms with van der Waals surface area (Å²) in [5.41, 5.74) is 2.63. The average molecular weight is 472 g/mol. The molecule has 0 spiro atoms. The Balaban J connectivity index is 1.82. The quantitative estimate of drug-likeness (QED) is 0.400. The molecule has 0 unspecified atom stereocenters. The zero-order chi connectivity index (χ0) is 24.4. The molecule has 1 aliphatic heterocycles. The van der Waals surface area contributed by atoms with E-state index in [0.29, 0.717) is 25.3 Å². The smallest absolute Gasteiger partial charge is 0.223 e. The van der Waals surface area contributed by atoms with Crippen LogP contribution in [0.25, 0.3) is 11.1 Å². The Morgan fingerprint density at radius 2 is 1.94 bits per heavy atom. The molecule has 1 heterocycles. The van der Waals surface area contributed by atoms with Crippen molar-refractivity contribution in [3.63, 3.8) is 0 Å². The monoisotopic (exact) mass is 471 g/mol. The molecule has 1 N–H and O–H groups in total. The lowest BCUT2D eigenvalue weighted by Gasteiger charge is -2.38. The molecule has 3 rings (SSSR count). The number of rotatable bonds is 8. The molecule has 0 saturated carbocycles. The first kappa shape index (κ1) is 25.2. The van der Waals surface area contributed by atoms with E-state index in [1.54, 1.807) is 19.2 Å². The van der Waals surface area contributed by atoms with Crippen LogP contribution in [0.4, 0.5) is 5.69 Å². The van der Waals surface area contributed by atoms with Gasteiger partial charge in [-0.2, -0.15) is 0 Å². The fourth-order valence-corrected chi connectivity index (χ4v) is 4.82. The minimum absolute atomic E-state index is 0.0592. The van der Waals surface area contributed by atoms with E-state index in [9.17, 15) is 15.2 Å². The van der Waals surface area contributed by atoms with Crippen LogP contribution in [0.2, 0.25) is 18.1 Å². The van der Waals surface area contributed by atoms with Gasteiger partial charge in [0.2, 0.25) is 5.91 Å². The number of methoxy groups -OCH3 is 1. The van der Waals surface area contributed by atoms with Gasteiger partial charge in [-0.05, 0) is 59.9 Å². The fourth-order valence-electron chi connectivity index (χ4n) is 3.77. The van der Waals surface area contributed by atoms with Gasteiger partial charge in [0, 0.05) is 18.5 Å². The van der Waals surface area contributed by atoms with Crippen molar-refractivity contribution >= 4 is 19.9 Å². The first-order valence-electron chi connectivity index (χ1n) is 11.3. The van der Waals surface area contributed by atoms with Crippen LogP contribution < -0.4 is 9.96 Å². The molecule has 7 nitrogen and oxygen atoms in total. The van der Waals surface area contributed by atoms with Crippen molar-refractivity contribution in [2.24, 2.45) is 0 Å². The minimum Gasteiger partial charge on any atom is -0.733 e. The number of nitrogens with zero attached hydrogens (tertiary/aromatic N) is 2. The zero-order valence-corrected chi connectivity index (χ0v) is 21.4. The van der Waals surface area contributed by atoms with Gasteiger partial charge in [-0.1, -0.05) is 39.0 Å². The second-order valence-corrected chi connectivity index (χ2v) is 15.0. The van der Waals surface area contributed by atoms with Crippen LogP contribution in [0, 0.1) is 5.21 Å². The second kappa shape index (κ2) is 9.85. The maximum Gasteiger partial charge on any atom is 0.223 e. The fraction of sp³-hybridized carbons (Fsp3) is 0.480. The highest BCUT2D eigenvalue weighted by Gasteiger charge is 2.39. The predicted molar refractivity (Wildman–Crippen MR) is 133 cm³/mol. The third-order valence-electron chi connectivity index (χ3n) is 6.89. The standard InChI is InChI=1S/C25H35N2O5Si/c1-25(2,3)33(5,6)32-17-21-11-13-24(28)26(21)16-18-10-12-23(31-4)22(14-18)19-8-7-9-20(15-19)27(29)30/h7-10,12,14-15,21,29H,11,13,16-17H2,1-6H3/q-1/t21-/m1/s1. The Bertz CT molecular complexity index is 987. The van der Waals surface area contributed by atoms with Crippen LogP contribution in [0.5, 0.6) is 5.75 Å². The number of carbonyl (C=O) groups is 1. The van der Waals surface area contributed by atoms with Crippen molar-refractivity contribution in [2.75, 3.05) is 18.9 Å². The first-order valence-corrected chi connectivity index (χ1v) is 14.2. The lowest BCUT2D eigenvalue weighted by atomic mass is 10.0. The largest absolute Gasteiger partial charge is 0.733 e. The summed E-state index contributed by atoms with van der Waals surface area (Å²) in [7, 11) is -0.311. The van der Waals surface area contributed by atoms with E-state index in [1.165, 1.54) is 6.07 Å². The Kier molecular flexibility index (Phi) is 7.53. The van der Waals surface area contributed by atoms with Gasteiger partial charge in [-0.15, -0.1) is 0 Å². The summed E-state index contributed by atoms with van der Waals surface area (Å²) in [6.45, 7) is 12.1. The van der Waals surface area contributed by atoms with Crippen LogP contribution in [-0.2, 0) is 15.8 Å². The SMILES string of the molecule is COc1ccc(CN2C(=O)CC[C@@H]2CO[Si](C)(C)C(C)(C)C)cc1-c1cccc(N([O-])O)c1. The maximum absolute atomic E-state index is 12.7. The Morgan fingerprint density at radius 1 is 1.21 bits per heavy atom. The minimum atomic E-state index is -1.90. The number of anilines is 1. The third-order valence-corrected chi connectivity index (χ3v) is 11.4. The molecular weight excluding hydrogens is 436 g/mol. The molecule has 8 heteroatoms. The van der Waals surface area contributed by atoms with Gasteiger partial charge in [-0.3, -0.25) is 10.0 Å². The highest BCUT2D eigenvalue weighted by atomic mass is 28.4. The average Bonchev–Trinajstić information content (AvgIpc) is 3.11. The molecule has 2 aromatic rings. The molecule has 1 saturated heterocycles. The summed E-state index contributed by atoms with van der Waals surface area (Å²) < 4.78 is 12.0. The van der Waals surface area contributed by atoms with E-state index >= 15 is 0 Å². The van der Waals surface area contributed by atoms with E-state index in [-0.39, 0.29) is 27.9 Å². The van der Waals surface area contributed by atoms with E-state index < -0.39 is 8.32 Å². The molecule has 1 atom stereocenters. The summed E-state index contributed by atoms with van der Waals surface area (Å²) >= 11 is 0. The molecule has 0 aliphatic carbocycles. The summed E-state index contributed by atoms with van der Waals surface area (Å²) in [4.78, 5) is 14.6. The van der Waals surface area contributed by atoms with Gasteiger partial charge in [0.25, 0.3) is 0 Å². The maximum atomic E-state index is 12.7.